The lowest BCUT2D eigenvalue weighted by atomic mass is 9.92. The predicted molar refractivity (Wildman–Crippen MR) is 75.9 cm³/mol. The van der Waals surface area contributed by atoms with Gasteiger partial charge in [0, 0.05) is 26.2 Å². The number of hydrogen-bond acceptors (Lipinski definition) is 3. The zero-order valence-electron chi connectivity index (χ0n) is 11.5. The van der Waals surface area contributed by atoms with E-state index in [0.717, 1.165) is 38.9 Å². The third-order valence-electron chi connectivity index (χ3n) is 3.95. The topological polar surface area (TPSA) is 64.3 Å². The lowest BCUT2D eigenvalue weighted by Crippen LogP contribution is -2.52. The Hall–Kier alpha value is -0.320. The van der Waals surface area contributed by atoms with Crippen LogP contribution in [0.15, 0.2) is 0 Å². The first-order chi connectivity index (χ1) is 8.15. The van der Waals surface area contributed by atoms with Gasteiger partial charge in [0.2, 0.25) is 5.91 Å². The number of carbonyl (C=O) groups is 1. The van der Waals surface area contributed by atoms with Gasteiger partial charge >= 0.3 is 0 Å². The van der Waals surface area contributed by atoms with Crippen molar-refractivity contribution in [1.29, 1.82) is 0 Å². The van der Waals surface area contributed by atoms with E-state index in [2.05, 4.69) is 19.2 Å². The van der Waals surface area contributed by atoms with Gasteiger partial charge in [0.25, 0.3) is 0 Å². The maximum absolute atomic E-state index is 11.9. The summed E-state index contributed by atoms with van der Waals surface area (Å²) in [6.45, 7) is 6.32. The lowest BCUT2D eigenvalue weighted by molar-refractivity contribution is -0.123. The summed E-state index contributed by atoms with van der Waals surface area (Å²) in [6.07, 6.45) is 4.39. The molecule has 18 heavy (non-hydrogen) atoms. The molecule has 1 heterocycles. The zero-order valence-corrected chi connectivity index (χ0v) is 12.4. The quantitative estimate of drug-likeness (QED) is 0.747. The van der Waals surface area contributed by atoms with Crippen molar-refractivity contribution in [3.8, 4) is 0 Å². The van der Waals surface area contributed by atoms with Gasteiger partial charge < -0.3 is 15.8 Å². The monoisotopic (exact) mass is 278 g/mol. The number of hydrogen-bond donors (Lipinski definition) is 2. The summed E-state index contributed by atoms with van der Waals surface area (Å²) in [6, 6.07) is 0. The van der Waals surface area contributed by atoms with Crippen LogP contribution in [0.25, 0.3) is 0 Å². The normalized spacial score (nSPS) is 19.4. The number of nitrogens with one attached hydrogen (secondary N) is 1. The van der Waals surface area contributed by atoms with Gasteiger partial charge in [0.15, 0.2) is 0 Å². The number of carbonyl (C=O) groups excluding carboxylic acids is 1. The molecular formula is C13H27ClN2O2. The van der Waals surface area contributed by atoms with Crippen LogP contribution in [0.1, 0.15) is 46.0 Å². The van der Waals surface area contributed by atoms with Crippen LogP contribution in [-0.4, -0.2) is 31.2 Å². The molecule has 0 aromatic heterocycles. The van der Waals surface area contributed by atoms with Crippen LogP contribution in [0.4, 0.5) is 0 Å². The molecule has 1 fully saturated rings. The van der Waals surface area contributed by atoms with Gasteiger partial charge in [-0.3, -0.25) is 4.79 Å². The van der Waals surface area contributed by atoms with Gasteiger partial charge in [-0.05, 0) is 31.6 Å². The second-order valence-electron chi connectivity index (χ2n) is 5.01. The molecule has 108 valence electrons. The number of nitrogens with two attached hydrogens (primary N) is 1. The molecule has 1 atom stereocenters. The molecule has 1 unspecified atom stereocenters. The van der Waals surface area contributed by atoms with Gasteiger partial charge in [-0.1, -0.05) is 13.8 Å². The molecule has 0 aromatic rings. The molecule has 0 bridgehead atoms. The van der Waals surface area contributed by atoms with Crippen molar-refractivity contribution in [2.24, 2.45) is 11.7 Å². The summed E-state index contributed by atoms with van der Waals surface area (Å²) in [5.41, 5.74) is 5.56. The fraction of sp³-hybridized carbons (Fsp3) is 0.923. The maximum atomic E-state index is 11.9. The van der Waals surface area contributed by atoms with Crippen molar-refractivity contribution in [2.45, 2.75) is 51.5 Å². The molecule has 0 radical (unpaired) electrons. The van der Waals surface area contributed by atoms with Crippen LogP contribution in [-0.2, 0) is 9.53 Å². The van der Waals surface area contributed by atoms with Crippen LogP contribution in [0.3, 0.4) is 0 Å². The Morgan fingerprint density at radius 1 is 1.44 bits per heavy atom. The fourth-order valence-corrected chi connectivity index (χ4v) is 2.27. The minimum atomic E-state index is -0.205. The molecule has 1 aliphatic heterocycles. The summed E-state index contributed by atoms with van der Waals surface area (Å²) < 4.78 is 5.30. The van der Waals surface area contributed by atoms with E-state index < -0.39 is 0 Å². The van der Waals surface area contributed by atoms with Crippen molar-refractivity contribution >= 4 is 18.3 Å². The second kappa shape index (κ2) is 8.73. The summed E-state index contributed by atoms with van der Waals surface area (Å²) in [5.74, 6) is 0.697. The number of halogens is 1. The molecule has 1 rings (SSSR count). The average Bonchev–Trinajstić information content (AvgIpc) is 2.87. The first kappa shape index (κ1) is 17.7. The highest BCUT2D eigenvalue weighted by Gasteiger charge is 2.26. The van der Waals surface area contributed by atoms with Crippen LogP contribution >= 0.6 is 12.4 Å². The first-order valence-corrected chi connectivity index (χ1v) is 6.74. The fourth-order valence-electron chi connectivity index (χ4n) is 2.27. The molecular weight excluding hydrogens is 252 g/mol. The average molecular weight is 279 g/mol. The molecule has 0 saturated carbocycles. The van der Waals surface area contributed by atoms with Crippen LogP contribution < -0.4 is 11.1 Å². The lowest BCUT2D eigenvalue weighted by Gasteiger charge is -2.31. The van der Waals surface area contributed by atoms with E-state index in [-0.39, 0.29) is 23.9 Å². The van der Waals surface area contributed by atoms with Crippen molar-refractivity contribution in [1.82, 2.24) is 5.32 Å². The Morgan fingerprint density at radius 2 is 2.11 bits per heavy atom. The van der Waals surface area contributed by atoms with E-state index in [1.54, 1.807) is 0 Å². The molecule has 4 nitrogen and oxygen atoms in total. The Labute approximate surface area is 116 Å². The second-order valence-corrected chi connectivity index (χ2v) is 5.01. The van der Waals surface area contributed by atoms with E-state index >= 15 is 0 Å². The van der Waals surface area contributed by atoms with E-state index in [1.807, 2.05) is 0 Å². The van der Waals surface area contributed by atoms with Crippen molar-refractivity contribution in [3.63, 3.8) is 0 Å². The third kappa shape index (κ3) is 5.12. The molecule has 1 amide bonds. The molecule has 5 heteroatoms. The van der Waals surface area contributed by atoms with Crippen molar-refractivity contribution < 1.29 is 9.53 Å². The Kier molecular flexibility index (Phi) is 8.57. The molecule has 0 aromatic carbocycles. The molecule has 0 aliphatic carbocycles. The summed E-state index contributed by atoms with van der Waals surface area (Å²) in [7, 11) is 0. The summed E-state index contributed by atoms with van der Waals surface area (Å²) >= 11 is 0. The largest absolute Gasteiger partial charge is 0.381 e. The van der Waals surface area contributed by atoms with E-state index in [1.165, 1.54) is 0 Å². The van der Waals surface area contributed by atoms with Crippen molar-refractivity contribution in [2.75, 3.05) is 19.8 Å². The van der Waals surface area contributed by atoms with Gasteiger partial charge in [-0.25, -0.2) is 0 Å². The van der Waals surface area contributed by atoms with Gasteiger partial charge in [-0.15, -0.1) is 12.4 Å². The van der Waals surface area contributed by atoms with Crippen molar-refractivity contribution in [3.05, 3.63) is 0 Å². The minimum Gasteiger partial charge on any atom is -0.381 e. The zero-order chi connectivity index (χ0) is 12.7. The summed E-state index contributed by atoms with van der Waals surface area (Å²) in [4.78, 5) is 11.9. The number of rotatable bonds is 7. The maximum Gasteiger partial charge on any atom is 0.220 e. The Morgan fingerprint density at radius 3 is 2.56 bits per heavy atom. The highest BCUT2D eigenvalue weighted by atomic mass is 35.5. The third-order valence-corrected chi connectivity index (χ3v) is 3.95. The van der Waals surface area contributed by atoms with E-state index in [4.69, 9.17) is 10.5 Å². The highest BCUT2D eigenvalue weighted by Crippen LogP contribution is 2.19. The van der Waals surface area contributed by atoms with E-state index in [0.29, 0.717) is 18.9 Å². The van der Waals surface area contributed by atoms with E-state index in [9.17, 15) is 4.79 Å². The molecule has 1 aliphatic rings. The van der Waals surface area contributed by atoms with Crippen LogP contribution in [0, 0.1) is 5.92 Å². The molecule has 3 N–H and O–H groups in total. The SMILES string of the molecule is CCC(CC)(CN)NC(=O)CCC1CCOC1.Cl. The minimum absolute atomic E-state index is 0. The molecule has 0 spiro atoms. The van der Waals surface area contributed by atoms with Gasteiger partial charge in [0.05, 0.1) is 5.54 Å². The smallest absolute Gasteiger partial charge is 0.220 e. The van der Waals surface area contributed by atoms with Gasteiger partial charge in [-0.2, -0.15) is 0 Å². The highest BCUT2D eigenvalue weighted by molar-refractivity contribution is 5.85. The van der Waals surface area contributed by atoms with Gasteiger partial charge in [0.1, 0.15) is 0 Å². The Bertz CT molecular complexity index is 231. The van der Waals surface area contributed by atoms with Crippen LogP contribution in [0.2, 0.25) is 0 Å². The Balaban J connectivity index is 0.00000289. The first-order valence-electron chi connectivity index (χ1n) is 6.74. The standard InChI is InChI=1S/C13H26N2O2.ClH/c1-3-13(4-2,10-14)15-12(16)6-5-11-7-8-17-9-11;/h11H,3-10,14H2,1-2H3,(H,15,16);1H. The number of amides is 1. The number of ether oxygens (including phenoxy) is 1. The molecule has 1 saturated heterocycles. The van der Waals surface area contributed by atoms with Crippen LogP contribution in [0.5, 0.6) is 0 Å². The summed E-state index contributed by atoms with van der Waals surface area (Å²) in [5, 5.41) is 3.10. The predicted octanol–water partition coefficient (Wildman–Crippen LogP) is 1.86.